The molecule has 0 radical (unpaired) electrons. The van der Waals surface area contributed by atoms with Crippen LogP contribution in [0.2, 0.25) is 0 Å². The van der Waals surface area contributed by atoms with Gasteiger partial charge in [-0.1, -0.05) is 54.2 Å². The summed E-state index contributed by atoms with van der Waals surface area (Å²) in [4.78, 5) is 12.0. The van der Waals surface area contributed by atoms with Gasteiger partial charge < -0.3 is 8.83 Å². The fraction of sp³-hybridized carbons (Fsp3) is 0.190. The number of nitrogens with zero attached hydrogens (tertiary/aromatic N) is 2. The third-order valence-electron chi connectivity index (χ3n) is 4.52. The van der Waals surface area contributed by atoms with E-state index in [9.17, 15) is 4.79 Å². The van der Waals surface area contributed by atoms with Crippen molar-refractivity contribution in [2.24, 2.45) is 0 Å². The Kier molecular flexibility index (Phi) is 4.81. The van der Waals surface area contributed by atoms with Gasteiger partial charge in [0, 0.05) is 17.2 Å². The van der Waals surface area contributed by atoms with Crippen LogP contribution < -0.4 is 5.63 Å². The minimum Gasteiger partial charge on any atom is -0.422 e. The Morgan fingerprint density at radius 3 is 2.63 bits per heavy atom. The molecule has 2 aromatic carbocycles. The lowest BCUT2D eigenvalue weighted by Crippen LogP contribution is -2.01. The van der Waals surface area contributed by atoms with E-state index in [4.69, 9.17) is 8.83 Å². The van der Waals surface area contributed by atoms with E-state index in [0.29, 0.717) is 28.9 Å². The molecule has 4 rings (SSSR count). The van der Waals surface area contributed by atoms with Gasteiger partial charge in [0.2, 0.25) is 5.89 Å². The molecule has 0 saturated heterocycles. The molecular weight excluding hydrogens is 360 g/mol. The molecule has 0 saturated carbocycles. The van der Waals surface area contributed by atoms with E-state index >= 15 is 0 Å². The summed E-state index contributed by atoms with van der Waals surface area (Å²) in [5.41, 5.74) is 4.40. The van der Waals surface area contributed by atoms with Gasteiger partial charge in [0.1, 0.15) is 5.58 Å². The molecule has 0 bridgehead atoms. The molecule has 0 spiro atoms. The molecule has 27 heavy (non-hydrogen) atoms. The Hall–Kier alpha value is -2.86. The van der Waals surface area contributed by atoms with Crippen LogP contribution in [0.3, 0.4) is 0 Å². The zero-order valence-corrected chi connectivity index (χ0v) is 15.9. The molecule has 4 aromatic rings. The summed E-state index contributed by atoms with van der Waals surface area (Å²) < 4.78 is 11.2. The van der Waals surface area contributed by atoms with Gasteiger partial charge in [0.05, 0.1) is 6.42 Å². The summed E-state index contributed by atoms with van der Waals surface area (Å²) in [5.74, 6) is 1.13. The highest BCUT2D eigenvalue weighted by Gasteiger charge is 2.12. The van der Waals surface area contributed by atoms with E-state index < -0.39 is 0 Å². The second-order valence-electron chi connectivity index (χ2n) is 6.39. The van der Waals surface area contributed by atoms with Gasteiger partial charge in [-0.15, -0.1) is 10.2 Å². The number of aryl methyl sites for hydroxylation is 2. The summed E-state index contributed by atoms with van der Waals surface area (Å²) in [6.45, 7) is 3.97. The summed E-state index contributed by atoms with van der Waals surface area (Å²) in [6, 6.07) is 15.6. The summed E-state index contributed by atoms with van der Waals surface area (Å²) >= 11 is 1.42. The predicted molar refractivity (Wildman–Crippen MR) is 105 cm³/mol. The molecule has 0 atom stereocenters. The number of aromatic nitrogens is 2. The first-order valence-corrected chi connectivity index (χ1v) is 9.61. The first-order chi connectivity index (χ1) is 13.1. The van der Waals surface area contributed by atoms with E-state index in [1.165, 1.54) is 17.8 Å². The molecule has 0 aliphatic rings. The fourth-order valence-corrected chi connectivity index (χ4v) is 3.69. The van der Waals surface area contributed by atoms with Crippen LogP contribution in [0.15, 0.2) is 67.4 Å². The zero-order chi connectivity index (χ0) is 18.8. The summed E-state index contributed by atoms with van der Waals surface area (Å²) in [5, 5.41) is 9.65. The van der Waals surface area contributed by atoms with E-state index in [2.05, 4.69) is 10.2 Å². The Morgan fingerprint density at radius 2 is 1.81 bits per heavy atom. The molecule has 0 aliphatic carbocycles. The Labute approximate surface area is 160 Å². The molecule has 0 fully saturated rings. The molecule has 2 aromatic heterocycles. The second-order valence-corrected chi connectivity index (χ2v) is 7.31. The van der Waals surface area contributed by atoms with Crippen molar-refractivity contribution in [1.82, 2.24) is 10.2 Å². The third kappa shape index (κ3) is 3.80. The topological polar surface area (TPSA) is 69.1 Å². The van der Waals surface area contributed by atoms with Gasteiger partial charge in [-0.2, -0.15) is 0 Å². The van der Waals surface area contributed by atoms with E-state index in [1.807, 2.05) is 56.3 Å². The van der Waals surface area contributed by atoms with Crippen LogP contribution in [0.4, 0.5) is 0 Å². The van der Waals surface area contributed by atoms with Crippen molar-refractivity contribution in [2.45, 2.75) is 31.2 Å². The lowest BCUT2D eigenvalue weighted by Gasteiger charge is -2.07. The van der Waals surface area contributed by atoms with Gasteiger partial charge in [0.15, 0.2) is 0 Å². The van der Waals surface area contributed by atoms with Gasteiger partial charge in [-0.25, -0.2) is 4.79 Å². The highest BCUT2D eigenvalue weighted by molar-refractivity contribution is 7.98. The molecule has 0 aliphatic heterocycles. The highest BCUT2D eigenvalue weighted by atomic mass is 32.2. The number of fused-ring (bicyclic) bond motifs is 1. The lowest BCUT2D eigenvalue weighted by molar-refractivity contribution is 0.420. The highest BCUT2D eigenvalue weighted by Crippen LogP contribution is 2.28. The van der Waals surface area contributed by atoms with Crippen LogP contribution in [0, 0.1) is 13.8 Å². The number of hydrogen-bond acceptors (Lipinski definition) is 6. The number of hydrogen-bond donors (Lipinski definition) is 0. The summed E-state index contributed by atoms with van der Waals surface area (Å²) in [7, 11) is 0. The Balaban J connectivity index is 1.54. The molecular formula is C21H18N2O3S. The maximum atomic E-state index is 12.0. The molecule has 136 valence electrons. The summed E-state index contributed by atoms with van der Waals surface area (Å²) in [6.07, 6.45) is 0.602. The molecule has 5 nitrogen and oxygen atoms in total. The second kappa shape index (κ2) is 7.40. The average molecular weight is 378 g/mol. The van der Waals surface area contributed by atoms with E-state index in [1.54, 1.807) is 0 Å². The Morgan fingerprint density at radius 1 is 1.00 bits per heavy atom. The zero-order valence-electron chi connectivity index (χ0n) is 15.1. The average Bonchev–Trinajstić information content (AvgIpc) is 3.11. The van der Waals surface area contributed by atoms with Crippen molar-refractivity contribution in [3.05, 3.63) is 87.1 Å². The largest absolute Gasteiger partial charge is 0.422 e. The first kappa shape index (κ1) is 17.5. The van der Waals surface area contributed by atoms with E-state index in [-0.39, 0.29) is 5.63 Å². The van der Waals surface area contributed by atoms with Gasteiger partial charge in [-0.3, -0.25) is 0 Å². The first-order valence-electron chi connectivity index (χ1n) is 8.62. The van der Waals surface area contributed by atoms with Crippen molar-refractivity contribution < 1.29 is 8.83 Å². The molecule has 0 N–H and O–H groups in total. The maximum absolute atomic E-state index is 12.0. The predicted octanol–water partition coefficient (Wildman–Crippen LogP) is 4.68. The van der Waals surface area contributed by atoms with Crippen molar-refractivity contribution in [2.75, 3.05) is 0 Å². The molecule has 6 heteroatoms. The van der Waals surface area contributed by atoms with Crippen molar-refractivity contribution in [3.8, 4) is 0 Å². The van der Waals surface area contributed by atoms with Crippen molar-refractivity contribution in [1.29, 1.82) is 0 Å². The Bertz CT molecular complexity index is 1150. The number of rotatable bonds is 5. The monoisotopic (exact) mass is 378 g/mol. The minimum absolute atomic E-state index is 0.345. The minimum atomic E-state index is -0.345. The van der Waals surface area contributed by atoms with Crippen LogP contribution in [0.25, 0.3) is 11.0 Å². The number of benzene rings is 2. The molecule has 0 unspecified atom stereocenters. The molecule has 2 heterocycles. The molecule has 0 amide bonds. The normalized spacial score (nSPS) is 11.2. The van der Waals surface area contributed by atoms with E-state index in [0.717, 1.165) is 27.6 Å². The van der Waals surface area contributed by atoms with Gasteiger partial charge in [0.25, 0.3) is 5.22 Å². The third-order valence-corrected chi connectivity index (χ3v) is 5.38. The lowest BCUT2D eigenvalue weighted by atomic mass is 10.0. The van der Waals surface area contributed by atoms with Crippen LogP contribution in [-0.4, -0.2) is 10.2 Å². The SMILES string of the molecule is Cc1ccc2c(CSc3nnc(Cc4ccccc4)o3)cc(=O)oc2c1C. The van der Waals surface area contributed by atoms with Crippen molar-refractivity contribution in [3.63, 3.8) is 0 Å². The fourth-order valence-electron chi connectivity index (χ4n) is 2.92. The maximum Gasteiger partial charge on any atom is 0.336 e. The van der Waals surface area contributed by atoms with Crippen LogP contribution in [-0.2, 0) is 12.2 Å². The van der Waals surface area contributed by atoms with Crippen molar-refractivity contribution >= 4 is 22.7 Å². The number of thioether (sulfide) groups is 1. The van der Waals surface area contributed by atoms with Crippen LogP contribution in [0.1, 0.15) is 28.1 Å². The standard InChI is InChI=1S/C21H18N2O3S/c1-13-8-9-17-16(11-19(24)26-20(17)14(13)2)12-27-21-23-22-18(25-21)10-15-6-4-3-5-7-15/h3-9,11H,10,12H2,1-2H3. The quantitative estimate of drug-likeness (QED) is 0.371. The van der Waals surface area contributed by atoms with Gasteiger partial charge in [-0.05, 0) is 36.1 Å². The van der Waals surface area contributed by atoms with Gasteiger partial charge >= 0.3 is 5.63 Å². The van der Waals surface area contributed by atoms with Crippen LogP contribution in [0.5, 0.6) is 0 Å². The van der Waals surface area contributed by atoms with Crippen LogP contribution >= 0.6 is 11.8 Å². The smallest absolute Gasteiger partial charge is 0.336 e.